The Hall–Kier alpha value is -1.27. The molecule has 18 heavy (non-hydrogen) atoms. The van der Waals surface area contributed by atoms with E-state index in [1.54, 1.807) is 12.1 Å². The molecule has 0 aliphatic heterocycles. The number of hydrogen-bond donors (Lipinski definition) is 3. The Balaban J connectivity index is 2.41. The summed E-state index contributed by atoms with van der Waals surface area (Å²) in [5, 5.41) is 3.32. The van der Waals surface area contributed by atoms with E-state index in [-0.39, 0.29) is 10.4 Å². The molecule has 0 unspecified atom stereocenters. The number of nitrogen functional groups attached to an aromatic ring is 1. The fourth-order valence-electron chi connectivity index (χ4n) is 2.13. The van der Waals surface area contributed by atoms with Crippen molar-refractivity contribution in [1.82, 2.24) is 4.72 Å². The van der Waals surface area contributed by atoms with Gasteiger partial charge in [-0.05, 0) is 51.4 Å². The van der Waals surface area contributed by atoms with E-state index >= 15 is 0 Å². The van der Waals surface area contributed by atoms with E-state index in [0.717, 1.165) is 12.8 Å². The second kappa shape index (κ2) is 4.44. The van der Waals surface area contributed by atoms with Crippen LogP contribution in [0, 0.1) is 0 Å². The van der Waals surface area contributed by atoms with E-state index in [2.05, 4.69) is 17.0 Å². The molecule has 0 aromatic heterocycles. The molecule has 1 fully saturated rings. The lowest BCUT2D eigenvalue weighted by atomic mass is 9.78. The number of nitrogens with one attached hydrogen (secondary N) is 2. The van der Waals surface area contributed by atoms with Crippen LogP contribution in [0.4, 0.5) is 11.4 Å². The molecular formula is C12H19N3O2S. The summed E-state index contributed by atoms with van der Waals surface area (Å²) in [6.45, 7) is 2.10. The fourth-order valence-corrected chi connectivity index (χ4v) is 3.05. The van der Waals surface area contributed by atoms with Crippen LogP contribution >= 0.6 is 0 Å². The molecule has 0 atom stereocenters. The molecule has 1 saturated carbocycles. The summed E-state index contributed by atoms with van der Waals surface area (Å²) in [4.78, 5) is 0.207. The normalized spacial score (nSPS) is 18.1. The van der Waals surface area contributed by atoms with Gasteiger partial charge in [-0.1, -0.05) is 0 Å². The summed E-state index contributed by atoms with van der Waals surface area (Å²) >= 11 is 0. The standard InChI is InChI=1S/C12H19N3O2S/c1-12(6-3-7-12)15-10-5-4-9(13)8-11(10)18(16,17)14-2/h4-5,8,14-15H,3,6-7,13H2,1-2H3. The summed E-state index contributed by atoms with van der Waals surface area (Å²) in [7, 11) is -2.10. The summed E-state index contributed by atoms with van der Waals surface area (Å²) in [6, 6.07) is 4.92. The molecule has 1 aliphatic rings. The van der Waals surface area contributed by atoms with E-state index in [1.165, 1.54) is 19.5 Å². The number of hydrogen-bond acceptors (Lipinski definition) is 4. The molecule has 0 saturated heterocycles. The third-order valence-corrected chi connectivity index (χ3v) is 4.91. The topological polar surface area (TPSA) is 84.2 Å². The molecule has 4 N–H and O–H groups in total. The van der Waals surface area contributed by atoms with E-state index in [4.69, 9.17) is 5.73 Å². The van der Waals surface area contributed by atoms with Gasteiger partial charge in [0, 0.05) is 11.2 Å². The highest BCUT2D eigenvalue weighted by Crippen LogP contribution is 2.36. The van der Waals surface area contributed by atoms with E-state index < -0.39 is 10.0 Å². The number of benzene rings is 1. The van der Waals surface area contributed by atoms with E-state index in [1.807, 2.05) is 0 Å². The Morgan fingerprint density at radius 1 is 1.33 bits per heavy atom. The van der Waals surface area contributed by atoms with Gasteiger partial charge in [0.2, 0.25) is 10.0 Å². The Labute approximate surface area is 108 Å². The molecule has 2 rings (SSSR count). The molecule has 6 heteroatoms. The van der Waals surface area contributed by atoms with Gasteiger partial charge in [0.05, 0.1) is 5.69 Å². The van der Waals surface area contributed by atoms with Gasteiger partial charge < -0.3 is 11.1 Å². The maximum atomic E-state index is 12.0. The average molecular weight is 269 g/mol. The lowest BCUT2D eigenvalue weighted by Crippen LogP contribution is -2.42. The van der Waals surface area contributed by atoms with Crippen molar-refractivity contribution in [3.63, 3.8) is 0 Å². The van der Waals surface area contributed by atoms with Crippen LogP contribution in [0.25, 0.3) is 0 Å². The van der Waals surface area contributed by atoms with E-state index in [0.29, 0.717) is 11.4 Å². The lowest BCUT2D eigenvalue weighted by Gasteiger charge is -2.40. The first kappa shape index (κ1) is 13.2. The smallest absolute Gasteiger partial charge is 0.242 e. The minimum Gasteiger partial charge on any atom is -0.399 e. The van der Waals surface area contributed by atoms with Crippen molar-refractivity contribution in [3.05, 3.63) is 18.2 Å². The van der Waals surface area contributed by atoms with Crippen molar-refractivity contribution >= 4 is 21.4 Å². The Morgan fingerprint density at radius 3 is 2.50 bits per heavy atom. The van der Waals surface area contributed by atoms with Crippen LogP contribution in [-0.4, -0.2) is 21.0 Å². The fraction of sp³-hybridized carbons (Fsp3) is 0.500. The zero-order chi connectivity index (χ0) is 13.4. The maximum Gasteiger partial charge on any atom is 0.242 e. The summed E-state index contributed by atoms with van der Waals surface area (Å²) in [5.41, 5.74) is 6.71. The van der Waals surface area contributed by atoms with Crippen LogP contribution in [0.15, 0.2) is 23.1 Å². The molecule has 0 amide bonds. The molecule has 0 radical (unpaired) electrons. The van der Waals surface area contributed by atoms with Gasteiger partial charge in [0.15, 0.2) is 0 Å². The highest BCUT2D eigenvalue weighted by Gasteiger charge is 2.33. The Bertz CT molecular complexity index is 550. The van der Waals surface area contributed by atoms with Crippen molar-refractivity contribution in [1.29, 1.82) is 0 Å². The zero-order valence-corrected chi connectivity index (χ0v) is 11.5. The van der Waals surface area contributed by atoms with Gasteiger partial charge in [0.25, 0.3) is 0 Å². The predicted molar refractivity (Wildman–Crippen MR) is 73.0 cm³/mol. The largest absolute Gasteiger partial charge is 0.399 e. The minimum atomic E-state index is -3.50. The van der Waals surface area contributed by atoms with Gasteiger partial charge in [-0.3, -0.25) is 0 Å². The number of sulfonamides is 1. The van der Waals surface area contributed by atoms with Crippen molar-refractivity contribution in [2.24, 2.45) is 0 Å². The molecule has 1 aromatic carbocycles. The van der Waals surface area contributed by atoms with Gasteiger partial charge in [-0.25, -0.2) is 13.1 Å². The molecule has 0 heterocycles. The Kier molecular flexibility index (Phi) is 3.25. The third-order valence-electron chi connectivity index (χ3n) is 3.46. The van der Waals surface area contributed by atoms with Gasteiger partial charge in [-0.15, -0.1) is 0 Å². The summed E-state index contributed by atoms with van der Waals surface area (Å²) in [5.74, 6) is 0. The van der Waals surface area contributed by atoms with Crippen LogP contribution in [0.1, 0.15) is 26.2 Å². The first-order chi connectivity index (χ1) is 8.36. The highest BCUT2D eigenvalue weighted by molar-refractivity contribution is 7.89. The maximum absolute atomic E-state index is 12.0. The summed E-state index contributed by atoms with van der Waals surface area (Å²) < 4.78 is 26.2. The molecular weight excluding hydrogens is 250 g/mol. The van der Waals surface area contributed by atoms with Crippen LogP contribution in [0.3, 0.4) is 0 Å². The van der Waals surface area contributed by atoms with Crippen LogP contribution in [0.5, 0.6) is 0 Å². The molecule has 5 nitrogen and oxygen atoms in total. The second-order valence-electron chi connectivity index (χ2n) is 5.00. The Morgan fingerprint density at radius 2 is 2.00 bits per heavy atom. The molecule has 100 valence electrons. The molecule has 1 aromatic rings. The van der Waals surface area contributed by atoms with Crippen LogP contribution in [0.2, 0.25) is 0 Å². The molecule has 0 spiro atoms. The number of rotatable bonds is 4. The van der Waals surface area contributed by atoms with Crippen molar-refractivity contribution < 1.29 is 8.42 Å². The summed E-state index contributed by atoms with van der Waals surface area (Å²) in [6.07, 6.45) is 3.28. The van der Waals surface area contributed by atoms with Crippen molar-refractivity contribution in [2.45, 2.75) is 36.6 Å². The van der Waals surface area contributed by atoms with Crippen LogP contribution in [-0.2, 0) is 10.0 Å². The number of anilines is 2. The third kappa shape index (κ3) is 2.44. The second-order valence-corrected chi connectivity index (χ2v) is 6.86. The zero-order valence-electron chi connectivity index (χ0n) is 10.7. The first-order valence-corrected chi connectivity index (χ1v) is 7.46. The van der Waals surface area contributed by atoms with E-state index in [9.17, 15) is 8.42 Å². The van der Waals surface area contributed by atoms with Crippen molar-refractivity contribution in [3.8, 4) is 0 Å². The highest BCUT2D eigenvalue weighted by atomic mass is 32.2. The predicted octanol–water partition coefficient (Wildman–Crippen LogP) is 1.53. The SMILES string of the molecule is CNS(=O)(=O)c1cc(N)ccc1NC1(C)CCC1. The van der Waals surface area contributed by atoms with Crippen molar-refractivity contribution in [2.75, 3.05) is 18.1 Å². The van der Waals surface area contributed by atoms with Crippen LogP contribution < -0.4 is 15.8 Å². The number of nitrogens with two attached hydrogens (primary N) is 1. The lowest BCUT2D eigenvalue weighted by molar-refractivity contribution is 0.306. The van der Waals surface area contributed by atoms with Gasteiger partial charge in [-0.2, -0.15) is 0 Å². The molecule has 0 bridgehead atoms. The molecule has 1 aliphatic carbocycles. The first-order valence-electron chi connectivity index (χ1n) is 5.98. The van der Waals surface area contributed by atoms with Gasteiger partial charge in [0.1, 0.15) is 4.90 Å². The average Bonchev–Trinajstić information content (AvgIpc) is 2.29. The minimum absolute atomic E-state index is 0.00583. The monoisotopic (exact) mass is 269 g/mol. The van der Waals surface area contributed by atoms with Gasteiger partial charge >= 0.3 is 0 Å². The quantitative estimate of drug-likeness (QED) is 0.724.